The third-order valence-electron chi connectivity index (χ3n) is 8.56. The van der Waals surface area contributed by atoms with E-state index in [1.807, 2.05) is 66.6 Å². The van der Waals surface area contributed by atoms with Crippen molar-refractivity contribution in [2.75, 3.05) is 20.7 Å². The van der Waals surface area contributed by atoms with Gasteiger partial charge in [-0.2, -0.15) is 0 Å². The molecule has 1 saturated heterocycles. The smallest absolute Gasteiger partial charge is 0.308 e. The minimum absolute atomic E-state index is 0.0282. The molecule has 0 saturated carbocycles. The molecule has 3 N–H and O–H groups in total. The van der Waals surface area contributed by atoms with Gasteiger partial charge in [-0.05, 0) is 59.2 Å². The van der Waals surface area contributed by atoms with Crippen molar-refractivity contribution >= 4 is 11.8 Å². The topological polar surface area (TPSA) is 126 Å². The van der Waals surface area contributed by atoms with Crippen LogP contribution in [0, 0.1) is 23.7 Å². The van der Waals surface area contributed by atoms with Gasteiger partial charge < -0.3 is 34.4 Å². The third-order valence-corrected chi connectivity index (χ3v) is 8.56. The normalized spacial score (nSPS) is 39.2. The van der Waals surface area contributed by atoms with Crippen LogP contribution in [0.2, 0.25) is 0 Å². The number of ketones is 1. The van der Waals surface area contributed by atoms with Gasteiger partial charge in [-0.15, -0.1) is 0 Å². The number of aliphatic hydroxyl groups is 3. The number of hydrogen-bond acceptors (Lipinski definition) is 9. The van der Waals surface area contributed by atoms with Crippen LogP contribution in [-0.2, 0) is 23.8 Å². The van der Waals surface area contributed by atoms with E-state index in [1.165, 1.54) is 0 Å². The summed E-state index contributed by atoms with van der Waals surface area (Å²) in [6, 6.07) is -0.164. The Morgan fingerprint density at radius 2 is 1.73 bits per heavy atom. The summed E-state index contributed by atoms with van der Waals surface area (Å²) in [7, 11) is 3.82. The van der Waals surface area contributed by atoms with E-state index >= 15 is 0 Å². The van der Waals surface area contributed by atoms with Crippen molar-refractivity contribution in [2.45, 2.75) is 116 Å². The summed E-state index contributed by atoms with van der Waals surface area (Å²) in [4.78, 5) is 28.0. The molecule has 0 amide bonds. The summed E-state index contributed by atoms with van der Waals surface area (Å²) in [5.41, 5.74) is 0.788. The molecule has 0 bridgehead atoms. The number of esters is 1. The predicted octanol–water partition coefficient (Wildman–Crippen LogP) is 3.25. The molecular formula is C31H53NO8. The largest absolute Gasteiger partial charge is 0.462 e. The first-order chi connectivity index (χ1) is 18.8. The molecule has 0 aromatic rings. The molecule has 0 radical (unpaired) electrons. The van der Waals surface area contributed by atoms with Crippen molar-refractivity contribution in [1.82, 2.24) is 4.90 Å². The van der Waals surface area contributed by atoms with E-state index in [9.17, 15) is 24.9 Å². The van der Waals surface area contributed by atoms with Crippen LogP contribution in [0.3, 0.4) is 0 Å². The molecule has 2 aliphatic heterocycles. The van der Waals surface area contributed by atoms with E-state index in [4.69, 9.17) is 14.2 Å². The maximum Gasteiger partial charge on any atom is 0.308 e. The zero-order valence-corrected chi connectivity index (χ0v) is 25.7. The van der Waals surface area contributed by atoms with Crippen LogP contribution >= 0.6 is 0 Å². The monoisotopic (exact) mass is 567 g/mol. The number of allylic oxidation sites excluding steroid dienone is 3. The van der Waals surface area contributed by atoms with Gasteiger partial charge in [0, 0.05) is 23.8 Å². The fourth-order valence-electron chi connectivity index (χ4n) is 5.89. The van der Waals surface area contributed by atoms with Gasteiger partial charge in [-0.25, -0.2) is 0 Å². The molecule has 0 aromatic heterocycles. The predicted molar refractivity (Wildman–Crippen MR) is 153 cm³/mol. The van der Waals surface area contributed by atoms with Gasteiger partial charge in [0.05, 0.1) is 31.3 Å². The molecule has 11 unspecified atom stereocenters. The first-order valence-corrected chi connectivity index (χ1v) is 14.9. The molecule has 0 aliphatic carbocycles. The minimum atomic E-state index is -1.09. The Labute approximate surface area is 240 Å². The van der Waals surface area contributed by atoms with Gasteiger partial charge in [0.1, 0.15) is 12.2 Å². The molecule has 0 aromatic carbocycles. The maximum absolute atomic E-state index is 13.1. The lowest BCUT2D eigenvalue weighted by atomic mass is 9.80. The van der Waals surface area contributed by atoms with Crippen molar-refractivity contribution in [1.29, 1.82) is 0 Å². The highest BCUT2D eigenvalue weighted by Gasteiger charge is 2.43. The summed E-state index contributed by atoms with van der Waals surface area (Å²) in [5, 5.41) is 32.4. The fourth-order valence-corrected chi connectivity index (χ4v) is 5.89. The van der Waals surface area contributed by atoms with Crippen molar-refractivity contribution < 1.29 is 39.1 Å². The van der Waals surface area contributed by atoms with Gasteiger partial charge in [-0.1, -0.05) is 51.8 Å². The number of aliphatic hydroxyl groups excluding tert-OH is 3. The van der Waals surface area contributed by atoms with E-state index in [0.717, 1.165) is 5.57 Å². The Morgan fingerprint density at radius 1 is 1.05 bits per heavy atom. The van der Waals surface area contributed by atoms with E-state index in [-0.39, 0.29) is 42.8 Å². The lowest BCUT2D eigenvalue weighted by molar-refractivity contribution is -0.283. The van der Waals surface area contributed by atoms with Crippen molar-refractivity contribution in [3.63, 3.8) is 0 Å². The average molecular weight is 568 g/mol. The summed E-state index contributed by atoms with van der Waals surface area (Å²) < 4.78 is 18.3. The van der Waals surface area contributed by atoms with Crippen molar-refractivity contribution in [3.05, 3.63) is 23.8 Å². The molecule has 2 rings (SSSR count). The molecule has 0 spiro atoms. The SMILES string of the molecule is CCC1CC(C)C(=O)C=CC(C)=CC(CO)C(CC)OC(=O)CC(O)C(C)C1OC1OC(C)CC(N(C)C)C1O. The second kappa shape index (κ2) is 16.1. The molecule has 2 heterocycles. The number of cyclic esters (lactones) is 1. The van der Waals surface area contributed by atoms with Crippen LogP contribution in [0.25, 0.3) is 0 Å². The number of carbonyl (C=O) groups is 2. The standard InChI is InChI=1S/C31H53NO8/c1-9-22-14-19(4)25(34)12-11-18(3)13-23(17-33)27(10-2)39-28(36)16-26(35)21(6)30(22)40-31-29(37)24(32(7)8)15-20(5)38-31/h11-13,19-24,26-27,29-31,33,35,37H,9-10,14-17H2,1-8H3. The van der Waals surface area contributed by atoms with Crippen LogP contribution in [0.15, 0.2) is 23.8 Å². The fraction of sp³-hybridized carbons (Fsp3) is 0.806. The quantitative estimate of drug-likeness (QED) is 0.415. The maximum atomic E-state index is 13.1. The molecule has 230 valence electrons. The highest BCUT2D eigenvalue weighted by molar-refractivity contribution is 5.91. The first kappa shape index (κ1) is 34.6. The number of hydrogen-bond donors (Lipinski definition) is 3. The molecule has 9 heteroatoms. The van der Waals surface area contributed by atoms with Crippen LogP contribution in [0.5, 0.6) is 0 Å². The van der Waals surface area contributed by atoms with Gasteiger partial charge in [0.25, 0.3) is 0 Å². The highest BCUT2D eigenvalue weighted by atomic mass is 16.7. The van der Waals surface area contributed by atoms with Crippen molar-refractivity contribution in [2.24, 2.45) is 23.7 Å². The zero-order valence-electron chi connectivity index (χ0n) is 25.7. The van der Waals surface area contributed by atoms with E-state index in [0.29, 0.717) is 25.7 Å². The van der Waals surface area contributed by atoms with Crippen LogP contribution in [-0.4, -0.2) is 95.5 Å². The summed E-state index contributed by atoms with van der Waals surface area (Å²) in [6.07, 6.45) is 2.94. The minimum Gasteiger partial charge on any atom is -0.462 e. The van der Waals surface area contributed by atoms with Gasteiger partial charge >= 0.3 is 5.97 Å². The Bertz CT molecular complexity index is 873. The molecule has 40 heavy (non-hydrogen) atoms. The molecule has 2 aliphatic rings. The summed E-state index contributed by atoms with van der Waals surface area (Å²) in [6.45, 7) is 11.2. The number of nitrogens with zero attached hydrogens (tertiary/aromatic N) is 1. The van der Waals surface area contributed by atoms with E-state index in [1.54, 1.807) is 12.2 Å². The number of rotatable bonds is 6. The zero-order chi connectivity index (χ0) is 30.1. The molecular weight excluding hydrogens is 514 g/mol. The second-order valence-electron chi connectivity index (χ2n) is 12.0. The van der Waals surface area contributed by atoms with Gasteiger partial charge in [0.2, 0.25) is 0 Å². The second-order valence-corrected chi connectivity index (χ2v) is 12.0. The first-order valence-electron chi connectivity index (χ1n) is 14.9. The molecule has 9 nitrogen and oxygen atoms in total. The Kier molecular flexibility index (Phi) is 13.9. The Hall–Kier alpha value is -1.62. The number of ether oxygens (including phenoxy) is 3. The number of carbonyl (C=O) groups excluding carboxylic acids is 2. The van der Waals surface area contributed by atoms with Crippen LogP contribution in [0.1, 0.15) is 73.6 Å². The Morgan fingerprint density at radius 3 is 2.30 bits per heavy atom. The van der Waals surface area contributed by atoms with Gasteiger partial charge in [0.15, 0.2) is 12.1 Å². The molecule has 1 fully saturated rings. The lowest BCUT2D eigenvalue weighted by Gasteiger charge is -2.44. The average Bonchev–Trinajstić information content (AvgIpc) is 2.91. The Balaban J connectivity index is 2.45. The van der Waals surface area contributed by atoms with Crippen LogP contribution in [0.4, 0.5) is 0 Å². The summed E-state index contributed by atoms with van der Waals surface area (Å²) >= 11 is 0. The van der Waals surface area contributed by atoms with Crippen molar-refractivity contribution in [3.8, 4) is 0 Å². The van der Waals surface area contributed by atoms with E-state index in [2.05, 4.69) is 0 Å². The van der Waals surface area contributed by atoms with E-state index < -0.39 is 48.5 Å². The number of likely N-dealkylation sites (N-methyl/N-ethyl adjacent to an activating group) is 1. The summed E-state index contributed by atoms with van der Waals surface area (Å²) in [5.74, 6) is -2.00. The molecule has 11 atom stereocenters. The van der Waals surface area contributed by atoms with Crippen LogP contribution < -0.4 is 0 Å². The highest BCUT2D eigenvalue weighted by Crippen LogP contribution is 2.34. The van der Waals surface area contributed by atoms with Gasteiger partial charge in [-0.3, -0.25) is 9.59 Å². The lowest BCUT2D eigenvalue weighted by Crippen LogP contribution is -2.56. The third kappa shape index (κ3) is 9.46.